The van der Waals surface area contributed by atoms with Gasteiger partial charge < -0.3 is 14.5 Å². The topological polar surface area (TPSA) is 69.8 Å². The number of amides is 1. The summed E-state index contributed by atoms with van der Waals surface area (Å²) in [5, 5.41) is 12.6. The maximum atomic E-state index is 13.9. The van der Waals surface area contributed by atoms with E-state index in [-0.39, 0.29) is 42.5 Å². The molecule has 1 saturated heterocycles. The van der Waals surface area contributed by atoms with Crippen LogP contribution in [0.1, 0.15) is 11.7 Å². The van der Waals surface area contributed by atoms with Gasteiger partial charge in [0.1, 0.15) is 11.5 Å². The van der Waals surface area contributed by atoms with Gasteiger partial charge in [0.25, 0.3) is 0 Å². The number of halogens is 5. The van der Waals surface area contributed by atoms with Crippen molar-refractivity contribution in [2.75, 3.05) is 26.2 Å². The first-order valence-corrected chi connectivity index (χ1v) is 8.25. The molecule has 2 aromatic rings. The number of carboxylic acid groups (broad SMARTS) is 1. The van der Waals surface area contributed by atoms with Gasteiger partial charge in [-0.15, -0.1) is 0 Å². The van der Waals surface area contributed by atoms with Crippen LogP contribution < -0.4 is 0 Å². The molecule has 1 unspecified atom stereocenters. The van der Waals surface area contributed by atoms with E-state index in [4.69, 9.17) is 21.2 Å². The monoisotopic (exact) mass is 407 g/mol. The number of hydrogen-bond donors (Lipinski definition) is 1. The van der Waals surface area contributed by atoms with Crippen LogP contribution in [-0.2, 0) is 0 Å². The highest BCUT2D eigenvalue weighted by atomic mass is 35.5. The van der Waals surface area contributed by atoms with Crippen molar-refractivity contribution in [2.24, 2.45) is 0 Å². The first-order chi connectivity index (χ1) is 12.7. The van der Waals surface area contributed by atoms with Crippen LogP contribution in [0.4, 0.5) is 22.4 Å². The molecule has 0 aliphatic carbocycles. The quantitative estimate of drug-likeness (QED) is 0.778. The van der Waals surface area contributed by atoms with Crippen LogP contribution in [0.2, 0.25) is 5.02 Å². The molecule has 146 valence electrons. The fraction of sp³-hybridized carbons (Fsp3) is 0.375. The minimum atomic E-state index is -4.67. The molecule has 1 aromatic heterocycles. The molecule has 0 bridgehead atoms. The zero-order chi connectivity index (χ0) is 19.8. The van der Waals surface area contributed by atoms with Gasteiger partial charge in [-0.2, -0.15) is 13.2 Å². The molecule has 1 aliphatic rings. The number of nitrogens with zero attached hydrogens (tertiary/aromatic N) is 3. The van der Waals surface area contributed by atoms with E-state index in [1.165, 1.54) is 12.1 Å². The van der Waals surface area contributed by atoms with Gasteiger partial charge in [-0.1, -0.05) is 16.8 Å². The molecule has 11 heteroatoms. The van der Waals surface area contributed by atoms with Crippen LogP contribution in [0.5, 0.6) is 0 Å². The second kappa shape index (κ2) is 7.35. The van der Waals surface area contributed by atoms with E-state index >= 15 is 0 Å². The molecule has 1 amide bonds. The summed E-state index contributed by atoms with van der Waals surface area (Å²) in [6, 6.07) is 2.55. The average Bonchev–Trinajstić information content (AvgIpc) is 3.05. The number of hydrogen-bond acceptors (Lipinski definition) is 4. The van der Waals surface area contributed by atoms with Crippen LogP contribution in [0.3, 0.4) is 0 Å². The Morgan fingerprint density at radius 3 is 2.48 bits per heavy atom. The molecule has 1 aliphatic heterocycles. The van der Waals surface area contributed by atoms with E-state index in [9.17, 15) is 22.4 Å². The van der Waals surface area contributed by atoms with Crippen molar-refractivity contribution in [2.45, 2.75) is 12.2 Å². The van der Waals surface area contributed by atoms with Crippen LogP contribution in [0, 0.1) is 5.82 Å². The zero-order valence-corrected chi connectivity index (χ0v) is 14.5. The molecule has 0 spiro atoms. The van der Waals surface area contributed by atoms with Crippen molar-refractivity contribution in [3.63, 3.8) is 0 Å². The fourth-order valence-corrected chi connectivity index (χ4v) is 3.14. The lowest BCUT2D eigenvalue weighted by Crippen LogP contribution is -2.52. The second-order valence-corrected chi connectivity index (χ2v) is 6.43. The van der Waals surface area contributed by atoms with E-state index in [1.807, 2.05) is 0 Å². The number of aromatic nitrogens is 1. The first kappa shape index (κ1) is 19.4. The summed E-state index contributed by atoms with van der Waals surface area (Å²) in [6.45, 7) is -0.362. The Kier molecular flexibility index (Phi) is 5.29. The highest BCUT2D eigenvalue weighted by molar-refractivity contribution is 6.30. The predicted octanol–water partition coefficient (Wildman–Crippen LogP) is 4.03. The molecule has 2 heterocycles. The Hall–Kier alpha value is -2.33. The molecule has 1 atom stereocenters. The third-order valence-corrected chi connectivity index (χ3v) is 4.50. The summed E-state index contributed by atoms with van der Waals surface area (Å²) in [6.07, 6.45) is -5.86. The standard InChI is InChI=1S/C16H14ClF4N3O3/c17-9-1-2-11(18)10(7-9)13-8-12(22-27-13)14(16(19,20)21)23-3-5-24(6-4-23)15(25)26/h1-2,7-8,14H,3-6H2,(H,25,26). The van der Waals surface area contributed by atoms with E-state index in [2.05, 4.69) is 5.16 Å². The lowest BCUT2D eigenvalue weighted by atomic mass is 10.1. The van der Waals surface area contributed by atoms with E-state index < -0.39 is 29.8 Å². The number of alkyl halides is 3. The lowest BCUT2D eigenvalue weighted by molar-refractivity contribution is -0.191. The number of piperazine rings is 1. The third kappa shape index (κ3) is 4.16. The van der Waals surface area contributed by atoms with Crippen LogP contribution in [0.15, 0.2) is 28.8 Å². The molecule has 1 fully saturated rings. The smallest absolute Gasteiger partial charge is 0.409 e. The number of carbonyl (C=O) groups is 1. The molecular weight excluding hydrogens is 394 g/mol. The first-order valence-electron chi connectivity index (χ1n) is 7.87. The van der Waals surface area contributed by atoms with Crippen molar-refractivity contribution in [1.29, 1.82) is 0 Å². The summed E-state index contributed by atoms with van der Waals surface area (Å²) < 4.78 is 59.8. The number of benzene rings is 1. The Bertz CT molecular complexity index is 835. The summed E-state index contributed by atoms with van der Waals surface area (Å²) in [4.78, 5) is 13.0. The van der Waals surface area contributed by atoms with Gasteiger partial charge in [-0.3, -0.25) is 4.90 Å². The van der Waals surface area contributed by atoms with Crippen molar-refractivity contribution in [1.82, 2.24) is 15.0 Å². The van der Waals surface area contributed by atoms with Crippen LogP contribution >= 0.6 is 11.6 Å². The third-order valence-electron chi connectivity index (χ3n) is 4.26. The lowest BCUT2D eigenvalue weighted by Gasteiger charge is -2.37. The largest absolute Gasteiger partial charge is 0.465 e. The molecule has 0 radical (unpaired) electrons. The van der Waals surface area contributed by atoms with Gasteiger partial charge >= 0.3 is 12.3 Å². The second-order valence-electron chi connectivity index (χ2n) is 5.99. The maximum Gasteiger partial charge on any atom is 0.409 e. The fourth-order valence-electron chi connectivity index (χ4n) is 2.96. The summed E-state index contributed by atoms with van der Waals surface area (Å²) >= 11 is 5.80. The van der Waals surface area contributed by atoms with Crippen molar-refractivity contribution >= 4 is 17.7 Å². The zero-order valence-electron chi connectivity index (χ0n) is 13.7. The van der Waals surface area contributed by atoms with Gasteiger partial charge in [0.15, 0.2) is 11.8 Å². The van der Waals surface area contributed by atoms with Gasteiger partial charge in [0.05, 0.1) is 5.56 Å². The predicted molar refractivity (Wildman–Crippen MR) is 86.9 cm³/mol. The van der Waals surface area contributed by atoms with Crippen LogP contribution in [-0.4, -0.2) is 58.5 Å². The van der Waals surface area contributed by atoms with Crippen molar-refractivity contribution in [3.8, 4) is 11.3 Å². The molecular formula is C16H14ClF4N3O3. The molecule has 3 rings (SSSR count). The van der Waals surface area contributed by atoms with E-state index in [0.717, 1.165) is 21.9 Å². The Balaban J connectivity index is 1.88. The summed E-state index contributed by atoms with van der Waals surface area (Å²) in [5.41, 5.74) is -0.529. The van der Waals surface area contributed by atoms with E-state index in [1.54, 1.807) is 0 Å². The van der Waals surface area contributed by atoms with Gasteiger partial charge in [0, 0.05) is 37.3 Å². The van der Waals surface area contributed by atoms with Gasteiger partial charge in [0.2, 0.25) is 0 Å². The van der Waals surface area contributed by atoms with E-state index in [0.29, 0.717) is 0 Å². The van der Waals surface area contributed by atoms with Crippen molar-refractivity contribution < 1.29 is 32.0 Å². The Morgan fingerprint density at radius 2 is 1.89 bits per heavy atom. The van der Waals surface area contributed by atoms with Crippen LogP contribution in [0.25, 0.3) is 11.3 Å². The minimum Gasteiger partial charge on any atom is -0.465 e. The SMILES string of the molecule is O=C(O)N1CCN(C(c2cc(-c3cc(Cl)ccc3F)on2)C(F)(F)F)CC1. The highest BCUT2D eigenvalue weighted by Gasteiger charge is 2.47. The maximum absolute atomic E-state index is 13.9. The normalized spacial score (nSPS) is 17.1. The van der Waals surface area contributed by atoms with Crippen molar-refractivity contribution in [3.05, 3.63) is 40.8 Å². The number of rotatable bonds is 3. The van der Waals surface area contributed by atoms with Gasteiger partial charge in [-0.25, -0.2) is 9.18 Å². The highest BCUT2D eigenvalue weighted by Crippen LogP contribution is 2.39. The average molecular weight is 408 g/mol. The molecule has 0 saturated carbocycles. The minimum absolute atomic E-state index is 0.0600. The molecule has 1 aromatic carbocycles. The Labute approximate surface area is 155 Å². The summed E-state index contributed by atoms with van der Waals surface area (Å²) in [5.74, 6) is -0.885. The Morgan fingerprint density at radius 1 is 1.22 bits per heavy atom. The van der Waals surface area contributed by atoms with Gasteiger partial charge in [-0.05, 0) is 18.2 Å². The molecule has 6 nitrogen and oxygen atoms in total. The molecule has 27 heavy (non-hydrogen) atoms. The summed E-state index contributed by atoms with van der Waals surface area (Å²) in [7, 11) is 0. The molecule has 1 N–H and O–H groups in total.